The Hall–Kier alpha value is -2.76. The third kappa shape index (κ3) is 2.79. The molecule has 2 aromatic heterocycles. The summed E-state index contributed by atoms with van der Waals surface area (Å²) in [5.41, 5.74) is 2.76. The molecule has 0 N–H and O–H groups in total. The lowest BCUT2D eigenvalue weighted by molar-refractivity contribution is 0.0522. The Bertz CT molecular complexity index is 873. The van der Waals surface area contributed by atoms with Gasteiger partial charge in [0.2, 0.25) is 0 Å². The van der Waals surface area contributed by atoms with Gasteiger partial charge in [-0.1, -0.05) is 19.1 Å². The molecule has 0 saturated carbocycles. The summed E-state index contributed by atoms with van der Waals surface area (Å²) in [5.74, 6) is -0.845. The lowest BCUT2D eigenvalue weighted by Crippen LogP contribution is -2.07. The first-order valence-corrected chi connectivity index (χ1v) is 7.44. The van der Waals surface area contributed by atoms with Gasteiger partial charge in [0.25, 0.3) is 0 Å². The fourth-order valence-electron chi connectivity index (χ4n) is 2.44. The van der Waals surface area contributed by atoms with E-state index in [9.17, 15) is 9.18 Å². The van der Waals surface area contributed by atoms with Crippen LogP contribution in [-0.2, 0) is 11.2 Å². The predicted molar refractivity (Wildman–Crippen MR) is 83.7 cm³/mol. The maximum absolute atomic E-state index is 13.5. The molecule has 0 aliphatic carbocycles. The molecule has 0 aliphatic rings. The molecule has 5 nitrogen and oxygen atoms in total. The average molecular weight is 313 g/mol. The fourth-order valence-corrected chi connectivity index (χ4v) is 2.44. The predicted octanol–water partition coefficient (Wildman–Crippen LogP) is 3.27. The summed E-state index contributed by atoms with van der Waals surface area (Å²) in [6, 6.07) is 8.08. The number of rotatable bonds is 4. The second kappa shape index (κ2) is 6.16. The van der Waals surface area contributed by atoms with Crippen LogP contribution >= 0.6 is 0 Å². The van der Waals surface area contributed by atoms with Gasteiger partial charge >= 0.3 is 5.97 Å². The van der Waals surface area contributed by atoms with Gasteiger partial charge in [-0.3, -0.25) is 4.40 Å². The molecule has 0 atom stereocenters. The number of hydrogen-bond donors (Lipinski definition) is 0. The average Bonchev–Trinajstić information content (AvgIpc) is 2.98. The number of nitrogens with zero attached hydrogens (tertiary/aromatic N) is 3. The van der Waals surface area contributed by atoms with Gasteiger partial charge in [-0.2, -0.15) is 0 Å². The number of halogens is 1. The Kier molecular flexibility index (Phi) is 4.06. The Morgan fingerprint density at radius 2 is 2.13 bits per heavy atom. The Morgan fingerprint density at radius 1 is 1.30 bits per heavy atom. The molecule has 0 unspecified atom stereocenters. The van der Waals surface area contributed by atoms with Gasteiger partial charge in [-0.05, 0) is 31.5 Å². The van der Waals surface area contributed by atoms with Crippen LogP contribution in [0.15, 0.2) is 36.7 Å². The number of imidazole rings is 1. The molecule has 0 bridgehead atoms. The largest absolute Gasteiger partial charge is 0.461 e. The zero-order valence-corrected chi connectivity index (χ0v) is 12.9. The highest BCUT2D eigenvalue weighted by atomic mass is 19.1. The van der Waals surface area contributed by atoms with Crippen molar-refractivity contribution in [2.24, 2.45) is 0 Å². The van der Waals surface area contributed by atoms with Gasteiger partial charge in [-0.15, -0.1) is 0 Å². The number of carbonyl (C=O) groups excluding carboxylic acids is 1. The molecule has 6 heteroatoms. The van der Waals surface area contributed by atoms with Crippen LogP contribution in [0, 0.1) is 5.82 Å². The summed E-state index contributed by atoms with van der Waals surface area (Å²) in [6.07, 6.45) is 2.28. The van der Waals surface area contributed by atoms with Crippen LogP contribution in [0.1, 0.15) is 30.0 Å². The first-order valence-electron chi connectivity index (χ1n) is 7.44. The van der Waals surface area contributed by atoms with E-state index < -0.39 is 5.97 Å². The minimum absolute atomic E-state index is 0.166. The van der Waals surface area contributed by atoms with Gasteiger partial charge in [0.1, 0.15) is 12.1 Å². The first-order chi connectivity index (χ1) is 11.1. The van der Waals surface area contributed by atoms with Crippen LogP contribution in [0.2, 0.25) is 0 Å². The van der Waals surface area contributed by atoms with E-state index in [0.29, 0.717) is 16.9 Å². The third-order valence-electron chi connectivity index (χ3n) is 3.53. The summed E-state index contributed by atoms with van der Waals surface area (Å²) in [4.78, 5) is 20.6. The highest BCUT2D eigenvalue weighted by Crippen LogP contribution is 2.22. The number of ether oxygens (including phenoxy) is 1. The molecule has 118 valence electrons. The Morgan fingerprint density at radius 3 is 2.83 bits per heavy atom. The molecule has 0 spiro atoms. The number of esters is 1. The third-order valence-corrected chi connectivity index (χ3v) is 3.53. The van der Waals surface area contributed by atoms with Gasteiger partial charge in [0, 0.05) is 11.3 Å². The van der Waals surface area contributed by atoms with Crippen molar-refractivity contribution in [3.63, 3.8) is 0 Å². The van der Waals surface area contributed by atoms with Crippen molar-refractivity contribution in [2.75, 3.05) is 6.61 Å². The number of hydrogen-bond acceptors (Lipinski definition) is 4. The second-order valence-electron chi connectivity index (χ2n) is 5.00. The normalized spacial score (nSPS) is 10.9. The molecule has 3 aromatic rings. The van der Waals surface area contributed by atoms with E-state index in [2.05, 4.69) is 9.97 Å². The molecule has 3 rings (SSSR count). The summed E-state index contributed by atoms with van der Waals surface area (Å²) in [6.45, 7) is 4.00. The maximum atomic E-state index is 13.5. The fraction of sp³-hybridized carbons (Fsp3) is 0.235. The van der Waals surface area contributed by atoms with E-state index in [1.807, 2.05) is 13.0 Å². The number of aromatic nitrogens is 3. The molecule has 1 aromatic carbocycles. The van der Waals surface area contributed by atoms with Crippen LogP contribution in [0.25, 0.3) is 16.9 Å². The van der Waals surface area contributed by atoms with Crippen molar-refractivity contribution in [2.45, 2.75) is 20.3 Å². The highest BCUT2D eigenvalue weighted by molar-refractivity contribution is 5.94. The standard InChI is InChI=1S/C17H16FN3O2/c1-3-13-9-14(11-6-5-7-12(18)8-11)20-16-15(17(22)23-4-2)19-10-21(13)16/h5-10H,3-4H2,1-2H3. The number of benzene rings is 1. The first kappa shape index (κ1) is 15.1. The monoisotopic (exact) mass is 313 g/mol. The molecule has 0 fully saturated rings. The Balaban J connectivity index is 2.20. The lowest BCUT2D eigenvalue weighted by Gasteiger charge is -2.08. The molecule has 0 saturated heterocycles. The SMILES string of the molecule is CCOC(=O)c1ncn2c(CC)cc(-c3cccc(F)c3)nc12. The van der Waals surface area contributed by atoms with Gasteiger partial charge in [0.15, 0.2) is 11.3 Å². The summed E-state index contributed by atoms with van der Waals surface area (Å²) in [7, 11) is 0. The molecule has 0 amide bonds. The van der Waals surface area contributed by atoms with E-state index >= 15 is 0 Å². The van der Waals surface area contributed by atoms with Crippen molar-refractivity contribution < 1.29 is 13.9 Å². The molecule has 0 aliphatic heterocycles. The van der Waals surface area contributed by atoms with Gasteiger partial charge in [-0.25, -0.2) is 19.2 Å². The van der Waals surface area contributed by atoms with Crippen LogP contribution in [0.4, 0.5) is 4.39 Å². The zero-order valence-electron chi connectivity index (χ0n) is 12.9. The van der Waals surface area contributed by atoms with Gasteiger partial charge in [0.05, 0.1) is 12.3 Å². The van der Waals surface area contributed by atoms with E-state index in [1.165, 1.54) is 12.1 Å². The molecule has 2 heterocycles. The summed E-state index contributed by atoms with van der Waals surface area (Å²) < 4.78 is 20.3. The molecule has 23 heavy (non-hydrogen) atoms. The van der Waals surface area contributed by atoms with Crippen molar-refractivity contribution in [1.82, 2.24) is 14.4 Å². The van der Waals surface area contributed by atoms with Crippen LogP contribution < -0.4 is 0 Å². The molecular weight excluding hydrogens is 297 g/mol. The van der Waals surface area contributed by atoms with Crippen LogP contribution in [0.5, 0.6) is 0 Å². The summed E-state index contributed by atoms with van der Waals surface area (Å²) >= 11 is 0. The second-order valence-corrected chi connectivity index (χ2v) is 5.00. The number of carbonyl (C=O) groups is 1. The van der Waals surface area contributed by atoms with Crippen molar-refractivity contribution >= 4 is 11.6 Å². The van der Waals surface area contributed by atoms with Crippen molar-refractivity contribution in [3.8, 4) is 11.3 Å². The number of fused-ring (bicyclic) bond motifs is 1. The minimum atomic E-state index is -0.513. The van der Waals surface area contributed by atoms with E-state index in [4.69, 9.17) is 4.74 Å². The zero-order chi connectivity index (χ0) is 16.4. The van der Waals surface area contributed by atoms with Gasteiger partial charge < -0.3 is 4.74 Å². The number of aryl methyl sites for hydroxylation is 1. The van der Waals surface area contributed by atoms with Crippen molar-refractivity contribution in [3.05, 3.63) is 53.9 Å². The molecular formula is C17H16FN3O2. The van der Waals surface area contributed by atoms with E-state index in [1.54, 1.807) is 29.8 Å². The maximum Gasteiger partial charge on any atom is 0.360 e. The smallest absolute Gasteiger partial charge is 0.360 e. The van der Waals surface area contributed by atoms with Crippen LogP contribution in [-0.4, -0.2) is 26.9 Å². The van der Waals surface area contributed by atoms with Crippen LogP contribution in [0.3, 0.4) is 0 Å². The minimum Gasteiger partial charge on any atom is -0.461 e. The van der Waals surface area contributed by atoms with E-state index in [-0.39, 0.29) is 18.1 Å². The topological polar surface area (TPSA) is 56.5 Å². The summed E-state index contributed by atoms with van der Waals surface area (Å²) in [5, 5.41) is 0. The Labute approximate surface area is 132 Å². The van der Waals surface area contributed by atoms with E-state index in [0.717, 1.165) is 12.1 Å². The quantitative estimate of drug-likeness (QED) is 0.694. The highest BCUT2D eigenvalue weighted by Gasteiger charge is 2.18. The van der Waals surface area contributed by atoms with Crippen molar-refractivity contribution in [1.29, 1.82) is 0 Å². The molecule has 0 radical (unpaired) electrons. The lowest BCUT2D eigenvalue weighted by atomic mass is 10.1.